The van der Waals surface area contributed by atoms with Gasteiger partial charge in [-0.1, -0.05) is 88.7 Å². The first kappa shape index (κ1) is 23.6. The van der Waals surface area contributed by atoms with E-state index in [4.69, 9.17) is 17.1 Å². The number of rotatable bonds is 16. The van der Waals surface area contributed by atoms with Gasteiger partial charge in [-0.2, -0.15) is 4.73 Å². The van der Waals surface area contributed by atoms with E-state index in [9.17, 15) is 4.79 Å². The summed E-state index contributed by atoms with van der Waals surface area (Å²) in [5.74, 6) is -0.213. The predicted octanol–water partition coefficient (Wildman–Crippen LogP) is 7.21. The fourth-order valence-corrected chi connectivity index (χ4v) is 3.16. The van der Waals surface area contributed by atoms with Gasteiger partial charge in [-0.15, -0.1) is 0 Å². The molecule has 0 N–H and O–H groups in total. The quantitative estimate of drug-likeness (QED) is 0.169. The Labute approximate surface area is 170 Å². The molecule has 0 radical (unpaired) electrons. The van der Waals surface area contributed by atoms with Crippen molar-refractivity contribution in [2.45, 2.75) is 96.8 Å². The fraction of sp³-hybridized carbons (Fsp3) is 0.652. The summed E-state index contributed by atoms with van der Waals surface area (Å²) in [6, 6.07) is 5.37. The summed E-state index contributed by atoms with van der Waals surface area (Å²) in [6.07, 6.45) is 23.1. The van der Waals surface area contributed by atoms with Crippen LogP contribution in [-0.4, -0.2) is 10.7 Å². The molecule has 0 amide bonds. The van der Waals surface area contributed by atoms with Gasteiger partial charge in [0.15, 0.2) is 0 Å². The molecule has 0 spiro atoms. The van der Waals surface area contributed by atoms with E-state index in [-0.39, 0.29) is 5.97 Å². The molecular formula is C23H37NO2S. The third kappa shape index (κ3) is 13.4. The Kier molecular flexibility index (Phi) is 14.6. The largest absolute Gasteiger partial charge is 0.336 e. The SMILES string of the molecule is CCCCCCCC/C=C/CCCCCCCC(=O)On1ccccc1=S. The number of carbonyl (C=O) groups is 1. The van der Waals surface area contributed by atoms with Crippen LogP contribution in [0.3, 0.4) is 0 Å². The van der Waals surface area contributed by atoms with Crippen LogP contribution in [0.5, 0.6) is 0 Å². The van der Waals surface area contributed by atoms with E-state index < -0.39 is 0 Å². The molecule has 1 heterocycles. The molecule has 4 heteroatoms. The van der Waals surface area contributed by atoms with Gasteiger partial charge < -0.3 is 4.84 Å². The van der Waals surface area contributed by atoms with E-state index in [0.717, 1.165) is 12.8 Å². The molecule has 152 valence electrons. The normalized spacial score (nSPS) is 11.1. The number of nitrogens with zero attached hydrogens (tertiary/aromatic N) is 1. The monoisotopic (exact) mass is 391 g/mol. The van der Waals surface area contributed by atoms with Gasteiger partial charge in [0, 0.05) is 12.6 Å². The third-order valence-corrected chi connectivity index (χ3v) is 4.95. The van der Waals surface area contributed by atoms with Gasteiger partial charge in [0.1, 0.15) is 4.64 Å². The topological polar surface area (TPSA) is 31.2 Å². The number of hydrogen-bond donors (Lipinski definition) is 0. The van der Waals surface area contributed by atoms with Crippen molar-refractivity contribution in [1.82, 2.24) is 4.73 Å². The third-order valence-electron chi connectivity index (χ3n) is 4.63. The van der Waals surface area contributed by atoms with Crippen LogP contribution in [0.15, 0.2) is 36.5 Å². The summed E-state index contributed by atoms with van der Waals surface area (Å²) in [5, 5.41) is 0. The van der Waals surface area contributed by atoms with Gasteiger partial charge in [-0.05, 0) is 44.2 Å². The van der Waals surface area contributed by atoms with E-state index in [0.29, 0.717) is 11.1 Å². The summed E-state index contributed by atoms with van der Waals surface area (Å²) in [4.78, 5) is 17.0. The van der Waals surface area contributed by atoms with Gasteiger partial charge in [0.2, 0.25) is 0 Å². The number of unbranched alkanes of at least 4 members (excludes halogenated alkanes) is 11. The van der Waals surface area contributed by atoms with Crippen LogP contribution in [0, 0.1) is 4.64 Å². The smallest absolute Gasteiger partial charge is 0.332 e. The molecule has 27 heavy (non-hydrogen) atoms. The molecule has 1 rings (SSSR count). The molecule has 0 unspecified atom stereocenters. The average molecular weight is 392 g/mol. The number of pyridine rings is 1. The van der Waals surface area contributed by atoms with Crippen molar-refractivity contribution in [3.8, 4) is 0 Å². The van der Waals surface area contributed by atoms with Crippen LogP contribution in [0.25, 0.3) is 0 Å². The maximum Gasteiger partial charge on any atom is 0.332 e. The van der Waals surface area contributed by atoms with Crippen molar-refractivity contribution in [2.24, 2.45) is 0 Å². The molecule has 1 aromatic heterocycles. The first-order valence-corrected chi connectivity index (χ1v) is 11.2. The van der Waals surface area contributed by atoms with Gasteiger partial charge in [0.05, 0.1) is 0 Å². The molecule has 0 atom stereocenters. The predicted molar refractivity (Wildman–Crippen MR) is 116 cm³/mol. The lowest BCUT2D eigenvalue weighted by molar-refractivity contribution is -0.144. The molecule has 0 aliphatic heterocycles. The van der Waals surface area contributed by atoms with Crippen molar-refractivity contribution in [2.75, 3.05) is 0 Å². The van der Waals surface area contributed by atoms with E-state index in [1.165, 1.54) is 75.4 Å². The lowest BCUT2D eigenvalue weighted by Crippen LogP contribution is -2.19. The van der Waals surface area contributed by atoms with E-state index in [1.807, 2.05) is 6.07 Å². The Balaban J connectivity index is 1.88. The zero-order valence-corrected chi connectivity index (χ0v) is 17.9. The van der Waals surface area contributed by atoms with Crippen LogP contribution in [0.2, 0.25) is 0 Å². The highest BCUT2D eigenvalue weighted by Crippen LogP contribution is 2.10. The van der Waals surface area contributed by atoms with Crippen molar-refractivity contribution in [1.29, 1.82) is 0 Å². The summed E-state index contributed by atoms with van der Waals surface area (Å²) in [6.45, 7) is 2.26. The Hall–Kier alpha value is -1.42. The number of hydrogen-bond acceptors (Lipinski definition) is 3. The number of allylic oxidation sites excluding steroid dienone is 2. The summed E-state index contributed by atoms with van der Waals surface area (Å²) in [7, 11) is 0. The summed E-state index contributed by atoms with van der Waals surface area (Å²) in [5.41, 5.74) is 0. The molecule has 0 aromatic carbocycles. The first-order chi connectivity index (χ1) is 13.2. The lowest BCUT2D eigenvalue weighted by atomic mass is 10.1. The second kappa shape index (κ2) is 16.7. The molecule has 0 bridgehead atoms. The van der Waals surface area contributed by atoms with Crippen molar-refractivity contribution in [3.05, 3.63) is 41.2 Å². The van der Waals surface area contributed by atoms with Crippen LogP contribution in [0.1, 0.15) is 96.8 Å². The Morgan fingerprint density at radius 3 is 2.15 bits per heavy atom. The summed E-state index contributed by atoms with van der Waals surface area (Å²) < 4.78 is 1.87. The minimum Gasteiger partial charge on any atom is -0.336 e. The van der Waals surface area contributed by atoms with Gasteiger partial charge in [-0.3, -0.25) is 0 Å². The highest BCUT2D eigenvalue weighted by atomic mass is 32.1. The molecule has 0 saturated carbocycles. The molecule has 0 fully saturated rings. The van der Waals surface area contributed by atoms with E-state index >= 15 is 0 Å². The second-order valence-electron chi connectivity index (χ2n) is 7.16. The Morgan fingerprint density at radius 2 is 1.52 bits per heavy atom. The van der Waals surface area contributed by atoms with Gasteiger partial charge in [-0.25, -0.2) is 4.79 Å². The van der Waals surface area contributed by atoms with Gasteiger partial charge >= 0.3 is 5.97 Å². The lowest BCUT2D eigenvalue weighted by Gasteiger charge is -2.06. The standard InChI is InChI=1S/C23H37NO2S/c1-2-3-4-5-6-7-8-9-10-11-12-13-14-15-16-20-23(25)26-24-21-18-17-19-22(24)27/h9-10,17-19,21H,2-8,11-16,20H2,1H3/b10-9+. The maximum atomic E-state index is 11.8. The molecule has 0 aliphatic rings. The van der Waals surface area contributed by atoms with Crippen LogP contribution >= 0.6 is 12.2 Å². The minimum atomic E-state index is -0.213. The average Bonchev–Trinajstić information content (AvgIpc) is 2.66. The van der Waals surface area contributed by atoms with Crippen molar-refractivity contribution in [3.63, 3.8) is 0 Å². The molecule has 0 saturated heterocycles. The highest BCUT2D eigenvalue weighted by molar-refractivity contribution is 7.71. The second-order valence-corrected chi connectivity index (χ2v) is 7.58. The molecule has 3 nitrogen and oxygen atoms in total. The number of aromatic nitrogens is 1. The van der Waals surface area contributed by atoms with Crippen molar-refractivity contribution < 1.29 is 9.63 Å². The van der Waals surface area contributed by atoms with Crippen LogP contribution < -0.4 is 4.84 Å². The maximum absolute atomic E-state index is 11.8. The highest BCUT2D eigenvalue weighted by Gasteiger charge is 2.04. The molecule has 0 aliphatic carbocycles. The molecular weight excluding hydrogens is 354 g/mol. The van der Waals surface area contributed by atoms with Gasteiger partial charge in [0.25, 0.3) is 0 Å². The van der Waals surface area contributed by atoms with Crippen LogP contribution in [-0.2, 0) is 4.79 Å². The minimum absolute atomic E-state index is 0.213. The number of carbonyl (C=O) groups excluding carboxylic acids is 1. The fourth-order valence-electron chi connectivity index (χ4n) is 2.98. The Bertz CT molecular complexity index is 580. The van der Waals surface area contributed by atoms with E-state index in [2.05, 4.69) is 19.1 Å². The zero-order valence-electron chi connectivity index (χ0n) is 17.0. The van der Waals surface area contributed by atoms with E-state index in [1.54, 1.807) is 18.3 Å². The first-order valence-electron chi connectivity index (χ1n) is 10.8. The van der Waals surface area contributed by atoms with Crippen molar-refractivity contribution >= 4 is 18.2 Å². The van der Waals surface area contributed by atoms with Crippen LogP contribution in [0.4, 0.5) is 0 Å². The molecule has 1 aromatic rings. The Morgan fingerprint density at radius 1 is 0.926 bits per heavy atom. The zero-order chi connectivity index (χ0) is 19.6. The summed E-state index contributed by atoms with van der Waals surface area (Å²) >= 11 is 5.10.